The van der Waals surface area contributed by atoms with Gasteiger partial charge in [-0.05, 0) is 61.2 Å². The molecule has 2 aliphatic heterocycles. The first-order chi connectivity index (χ1) is 18.4. The lowest BCUT2D eigenvalue weighted by molar-refractivity contribution is -0.187. The largest absolute Gasteiger partial charge is 0.471 e. The number of piperidine rings is 2. The smallest absolute Gasteiger partial charge is 0.342 e. The molecular formula is C27H27Cl3F3N3O3. The van der Waals surface area contributed by atoms with Crippen LogP contribution in [0.1, 0.15) is 41.1 Å². The maximum absolute atomic E-state index is 13.4. The molecule has 210 valence electrons. The number of hydrogen-bond donors (Lipinski definition) is 0. The van der Waals surface area contributed by atoms with Crippen LogP contribution >= 0.6 is 34.8 Å². The lowest BCUT2D eigenvalue weighted by atomic mass is 9.83. The Morgan fingerprint density at radius 1 is 0.872 bits per heavy atom. The highest BCUT2D eigenvalue weighted by atomic mass is 35.5. The third-order valence-electron chi connectivity index (χ3n) is 7.54. The van der Waals surface area contributed by atoms with Gasteiger partial charge in [0.2, 0.25) is 5.91 Å². The van der Waals surface area contributed by atoms with Crippen molar-refractivity contribution in [3.63, 3.8) is 0 Å². The number of amides is 3. The monoisotopic (exact) mass is 603 g/mol. The van der Waals surface area contributed by atoms with Gasteiger partial charge in [0.05, 0.1) is 10.0 Å². The summed E-state index contributed by atoms with van der Waals surface area (Å²) >= 11 is 18.4. The molecule has 2 aromatic rings. The number of nitrogens with zero attached hydrogens (tertiary/aromatic N) is 3. The minimum Gasteiger partial charge on any atom is -0.342 e. The van der Waals surface area contributed by atoms with Crippen LogP contribution in [0.15, 0.2) is 42.5 Å². The molecular weight excluding hydrogens is 578 g/mol. The summed E-state index contributed by atoms with van der Waals surface area (Å²) in [7, 11) is 1.72. The number of alkyl halides is 3. The number of hydrogen-bond acceptors (Lipinski definition) is 3. The minimum absolute atomic E-state index is 0.125. The van der Waals surface area contributed by atoms with E-state index in [0.29, 0.717) is 40.1 Å². The first-order valence-electron chi connectivity index (χ1n) is 12.5. The molecule has 2 saturated heterocycles. The van der Waals surface area contributed by atoms with Crippen molar-refractivity contribution in [2.75, 3.05) is 33.2 Å². The van der Waals surface area contributed by atoms with Gasteiger partial charge < -0.3 is 14.7 Å². The Balaban J connectivity index is 1.51. The van der Waals surface area contributed by atoms with Gasteiger partial charge in [0.25, 0.3) is 5.91 Å². The maximum Gasteiger partial charge on any atom is 0.471 e. The second kappa shape index (κ2) is 11.9. The highest BCUT2D eigenvalue weighted by Crippen LogP contribution is 2.36. The van der Waals surface area contributed by atoms with Crippen LogP contribution < -0.4 is 0 Å². The maximum atomic E-state index is 13.4. The lowest BCUT2D eigenvalue weighted by Gasteiger charge is -2.44. The van der Waals surface area contributed by atoms with Crippen molar-refractivity contribution < 1.29 is 27.6 Å². The molecule has 12 heteroatoms. The molecule has 2 heterocycles. The van der Waals surface area contributed by atoms with Gasteiger partial charge in [0, 0.05) is 61.7 Å². The fourth-order valence-corrected chi connectivity index (χ4v) is 5.82. The van der Waals surface area contributed by atoms with Crippen molar-refractivity contribution >= 4 is 52.5 Å². The van der Waals surface area contributed by atoms with Crippen molar-refractivity contribution in [1.82, 2.24) is 14.7 Å². The van der Waals surface area contributed by atoms with E-state index >= 15 is 0 Å². The first-order valence-corrected chi connectivity index (χ1v) is 13.6. The zero-order valence-corrected chi connectivity index (χ0v) is 23.3. The molecule has 39 heavy (non-hydrogen) atoms. The van der Waals surface area contributed by atoms with E-state index in [1.54, 1.807) is 53.2 Å². The van der Waals surface area contributed by atoms with Gasteiger partial charge in [-0.3, -0.25) is 14.4 Å². The van der Waals surface area contributed by atoms with E-state index in [0.717, 1.165) is 10.5 Å². The predicted octanol–water partition coefficient (Wildman–Crippen LogP) is 5.90. The SMILES string of the molecule is CN(C(=O)c1ccc(Cl)cc1)[C@@H]1CCN(C(=O)C2CCN(C(=O)C(F)(F)F)CC2)C[C@H]1c1ccc(Cl)c(Cl)c1. The van der Waals surface area contributed by atoms with Crippen LogP contribution in [0.4, 0.5) is 13.2 Å². The molecule has 4 rings (SSSR count). The van der Waals surface area contributed by atoms with Gasteiger partial charge >= 0.3 is 12.1 Å². The topological polar surface area (TPSA) is 60.9 Å². The average molecular weight is 605 g/mol. The second-order valence-electron chi connectivity index (χ2n) is 9.91. The Morgan fingerprint density at radius 3 is 2.08 bits per heavy atom. The third kappa shape index (κ3) is 6.64. The molecule has 0 spiro atoms. The molecule has 6 nitrogen and oxygen atoms in total. The molecule has 2 aliphatic rings. The lowest BCUT2D eigenvalue weighted by Crippen LogP contribution is -2.54. The molecule has 2 aromatic carbocycles. The van der Waals surface area contributed by atoms with E-state index in [1.807, 2.05) is 6.07 Å². The van der Waals surface area contributed by atoms with Crippen molar-refractivity contribution in [3.05, 3.63) is 68.7 Å². The standard InChI is InChI=1S/C27H27Cl3F3N3O3/c1-34(24(37)16-2-5-19(28)6-3-16)23-10-13-36(15-20(23)18-4-7-21(29)22(30)14-18)25(38)17-8-11-35(12-9-17)26(39)27(31,32)33/h2-7,14,17,20,23H,8-13,15H2,1H3/t20-,23+/m0/s1. The quantitative estimate of drug-likeness (QED) is 0.436. The molecule has 0 aliphatic carbocycles. The molecule has 0 aromatic heterocycles. The first kappa shape index (κ1) is 29.5. The number of halogens is 6. The normalized spacial score (nSPS) is 20.6. The van der Waals surface area contributed by atoms with Crippen LogP contribution in [0, 0.1) is 5.92 Å². The Kier molecular flexibility index (Phi) is 9.03. The van der Waals surface area contributed by atoms with Crippen LogP contribution in [-0.2, 0) is 9.59 Å². The van der Waals surface area contributed by atoms with Gasteiger partial charge in [-0.2, -0.15) is 13.2 Å². The van der Waals surface area contributed by atoms with Crippen LogP contribution in [0.2, 0.25) is 15.1 Å². The van der Waals surface area contributed by atoms with E-state index in [9.17, 15) is 27.6 Å². The zero-order valence-electron chi connectivity index (χ0n) is 21.1. The van der Waals surface area contributed by atoms with Crippen LogP contribution in [-0.4, -0.2) is 77.9 Å². The molecule has 0 N–H and O–H groups in total. The van der Waals surface area contributed by atoms with Gasteiger partial charge in [-0.15, -0.1) is 0 Å². The van der Waals surface area contributed by atoms with Crippen LogP contribution in [0.3, 0.4) is 0 Å². The summed E-state index contributed by atoms with van der Waals surface area (Å²) in [5, 5.41) is 1.25. The summed E-state index contributed by atoms with van der Waals surface area (Å²) in [6, 6.07) is 11.6. The predicted molar refractivity (Wildman–Crippen MR) is 143 cm³/mol. The molecule has 0 bridgehead atoms. The fourth-order valence-electron chi connectivity index (χ4n) is 5.39. The Bertz CT molecular complexity index is 1230. The Hall–Kier alpha value is -2.49. The summed E-state index contributed by atoms with van der Waals surface area (Å²) < 4.78 is 38.4. The third-order valence-corrected chi connectivity index (χ3v) is 8.53. The van der Waals surface area contributed by atoms with E-state index < -0.39 is 18.0 Å². The molecule has 2 atom stereocenters. The number of carbonyl (C=O) groups excluding carboxylic acids is 3. The van der Waals surface area contributed by atoms with Gasteiger partial charge in [0.1, 0.15) is 0 Å². The summed E-state index contributed by atoms with van der Waals surface area (Å²) in [4.78, 5) is 42.5. The number of likely N-dealkylation sites (tertiary alicyclic amines) is 2. The van der Waals surface area contributed by atoms with Crippen molar-refractivity contribution in [1.29, 1.82) is 0 Å². The summed E-state index contributed by atoms with van der Waals surface area (Å²) in [5.74, 6) is -3.00. The van der Waals surface area contributed by atoms with Crippen LogP contribution in [0.25, 0.3) is 0 Å². The van der Waals surface area contributed by atoms with Gasteiger partial charge in [-0.1, -0.05) is 40.9 Å². The summed E-state index contributed by atoms with van der Waals surface area (Å²) in [6.45, 7) is 0.419. The van der Waals surface area contributed by atoms with E-state index in [4.69, 9.17) is 34.8 Å². The molecule has 3 amide bonds. The number of benzene rings is 2. The summed E-state index contributed by atoms with van der Waals surface area (Å²) in [5.41, 5.74) is 1.29. The summed E-state index contributed by atoms with van der Waals surface area (Å²) in [6.07, 6.45) is -4.13. The highest BCUT2D eigenvalue weighted by Gasteiger charge is 2.45. The average Bonchev–Trinajstić information content (AvgIpc) is 2.92. The second-order valence-corrected chi connectivity index (χ2v) is 11.2. The number of rotatable bonds is 4. The van der Waals surface area contributed by atoms with Crippen molar-refractivity contribution in [3.8, 4) is 0 Å². The van der Waals surface area contributed by atoms with E-state index in [2.05, 4.69) is 0 Å². The van der Waals surface area contributed by atoms with Gasteiger partial charge in [0.15, 0.2) is 0 Å². The van der Waals surface area contributed by atoms with E-state index in [-0.39, 0.29) is 49.7 Å². The molecule has 2 fully saturated rings. The number of likely N-dealkylation sites (N-methyl/N-ethyl adjacent to an activating group) is 1. The zero-order chi connectivity index (χ0) is 28.5. The molecule has 0 saturated carbocycles. The highest BCUT2D eigenvalue weighted by molar-refractivity contribution is 6.42. The molecule has 0 radical (unpaired) electrons. The van der Waals surface area contributed by atoms with Gasteiger partial charge in [-0.25, -0.2) is 0 Å². The molecule has 0 unspecified atom stereocenters. The Morgan fingerprint density at radius 2 is 1.49 bits per heavy atom. The minimum atomic E-state index is -4.93. The fraction of sp³-hybridized carbons (Fsp3) is 0.444. The van der Waals surface area contributed by atoms with Crippen LogP contribution in [0.5, 0.6) is 0 Å². The van der Waals surface area contributed by atoms with Crippen molar-refractivity contribution in [2.24, 2.45) is 5.92 Å². The Labute approximate surface area is 239 Å². The van der Waals surface area contributed by atoms with Crippen molar-refractivity contribution in [2.45, 2.75) is 37.4 Å². The van der Waals surface area contributed by atoms with E-state index in [1.165, 1.54) is 0 Å². The number of carbonyl (C=O) groups is 3.